The van der Waals surface area contributed by atoms with E-state index in [1.165, 1.54) is 0 Å². The fraction of sp³-hybridized carbons (Fsp3) is 0. The Morgan fingerprint density at radius 1 is 0.857 bits per heavy atom. The van der Waals surface area contributed by atoms with Crippen molar-refractivity contribution in [1.29, 1.82) is 5.26 Å². The molecule has 0 aromatic carbocycles. The van der Waals surface area contributed by atoms with Gasteiger partial charge in [-0.05, 0) is 0 Å². The van der Waals surface area contributed by atoms with Crippen molar-refractivity contribution >= 4 is 95.9 Å². The van der Waals surface area contributed by atoms with E-state index in [1.807, 2.05) is 0 Å². The quantitative estimate of drug-likeness (QED) is 0.341. The van der Waals surface area contributed by atoms with Crippen LogP contribution in [0, 0.1) is 11.8 Å². The molecule has 0 unspecified atom stereocenters. The average molecular weight is 625 g/mol. The van der Waals surface area contributed by atoms with Crippen molar-refractivity contribution in [3.63, 3.8) is 0 Å². The molecule has 0 aromatic heterocycles. The molecule has 0 saturated heterocycles. The van der Waals surface area contributed by atoms with Gasteiger partial charge in [-0.2, -0.15) is 0 Å². The Hall–Kier alpha value is 4.22. The minimum Gasteiger partial charge on any atom is -1.00 e. The van der Waals surface area contributed by atoms with Gasteiger partial charge in [0.15, 0.2) is 0 Å². The maximum atomic E-state index is 6.50. The van der Waals surface area contributed by atoms with E-state index in [-0.39, 0.29) is 156 Å². The van der Waals surface area contributed by atoms with Crippen LogP contribution in [0.15, 0.2) is 0 Å². The Labute approximate surface area is 162 Å². The minimum atomic E-state index is 0. The molecular formula is CH6I4NRb. The van der Waals surface area contributed by atoms with Gasteiger partial charge in [0.25, 0.3) is 0 Å². The van der Waals surface area contributed by atoms with Gasteiger partial charge < -0.3 is 1.43 Å². The van der Waals surface area contributed by atoms with Crippen molar-refractivity contribution in [2.24, 2.45) is 0 Å². The molecule has 0 aliphatic carbocycles. The fourth-order valence-electron chi connectivity index (χ4n) is 0. The number of halogens is 4. The topological polar surface area (TPSA) is 23.8 Å². The van der Waals surface area contributed by atoms with E-state index in [4.69, 9.17) is 5.26 Å². The van der Waals surface area contributed by atoms with E-state index in [1.54, 1.807) is 0 Å². The first-order chi connectivity index (χ1) is 1.00. The Balaban J connectivity index is -0.000000000333. The summed E-state index contributed by atoms with van der Waals surface area (Å²) in [7, 11) is 0. The van der Waals surface area contributed by atoms with E-state index < -0.39 is 0 Å². The summed E-state index contributed by atoms with van der Waals surface area (Å²) in [5.74, 6) is 0. The van der Waals surface area contributed by atoms with E-state index in [0.29, 0.717) is 0 Å². The fourth-order valence-corrected chi connectivity index (χ4v) is 0. The summed E-state index contributed by atoms with van der Waals surface area (Å²) in [6.07, 6.45) is 0. The normalized spacial score (nSPS) is 0.286. The first kappa shape index (κ1) is 43.0. The number of nitriles is 1. The van der Waals surface area contributed by atoms with Gasteiger partial charge in [-0.25, -0.2) is 5.26 Å². The summed E-state index contributed by atoms with van der Waals surface area (Å²) in [6.45, 7) is 3.50. The molecule has 0 radical (unpaired) electrons. The van der Waals surface area contributed by atoms with Crippen molar-refractivity contribution in [2.75, 3.05) is 0 Å². The molecule has 0 amide bonds. The predicted molar refractivity (Wildman–Crippen MR) is 69.4 cm³/mol. The van der Waals surface area contributed by atoms with E-state index in [2.05, 4.69) is 6.57 Å². The largest absolute Gasteiger partial charge is 1.00 e. The van der Waals surface area contributed by atoms with Crippen LogP contribution in [0.4, 0.5) is 0 Å². The summed E-state index contributed by atoms with van der Waals surface area (Å²) < 4.78 is 0. The first-order valence-corrected chi connectivity index (χ1v) is 0.258. The van der Waals surface area contributed by atoms with Gasteiger partial charge in [0, 0.05) is 6.57 Å². The average Bonchev–Trinajstić information content (AvgIpc) is 1.00. The molecule has 0 spiro atoms. The third-order valence-corrected chi connectivity index (χ3v) is 0. The van der Waals surface area contributed by atoms with Gasteiger partial charge >= 0.3 is 58.2 Å². The minimum absolute atomic E-state index is 0. The van der Waals surface area contributed by atoms with Crippen LogP contribution < -0.4 is 58.2 Å². The Kier molecular flexibility index (Phi) is 300. The molecule has 0 aliphatic heterocycles. The van der Waals surface area contributed by atoms with E-state index in [9.17, 15) is 0 Å². The Morgan fingerprint density at radius 2 is 0.857 bits per heavy atom. The molecule has 0 heterocycles. The maximum Gasteiger partial charge on any atom is 1.00 e. The number of hydrogen-bond donors (Lipinski definition) is 0. The maximum absolute atomic E-state index is 6.50. The summed E-state index contributed by atoms with van der Waals surface area (Å²) in [5, 5.41) is 6.50. The molecule has 1 nitrogen and oxygen atoms in total. The molecule has 0 aliphatic rings. The zero-order valence-electron chi connectivity index (χ0n) is 4.66. The molecule has 6 heteroatoms. The van der Waals surface area contributed by atoms with Gasteiger partial charge in [0.2, 0.25) is 0 Å². The second-order valence-electron chi connectivity index (χ2n) is 0. The van der Waals surface area contributed by atoms with Crippen LogP contribution in [-0.4, -0.2) is 0 Å². The van der Waals surface area contributed by atoms with Crippen LogP contribution in [0.25, 0.3) is 0 Å². The summed E-state index contributed by atoms with van der Waals surface area (Å²) in [6, 6.07) is 0. The van der Waals surface area contributed by atoms with Crippen LogP contribution in [-0.2, 0) is 0 Å². The molecule has 0 rings (SSSR count). The summed E-state index contributed by atoms with van der Waals surface area (Å²) in [4.78, 5) is 0. The summed E-state index contributed by atoms with van der Waals surface area (Å²) >= 11 is 0. The molecule has 0 saturated carbocycles. The molecule has 0 N–H and O–H groups in total. The molecule has 0 bridgehead atoms. The predicted octanol–water partition coefficient (Wildman–Crippen LogP) is -0.272. The third kappa shape index (κ3) is 38.8. The Morgan fingerprint density at radius 3 is 0.857 bits per heavy atom. The van der Waals surface area contributed by atoms with Crippen LogP contribution in [0.3, 0.4) is 0 Å². The van der Waals surface area contributed by atoms with Crippen LogP contribution in [0.5, 0.6) is 0 Å². The van der Waals surface area contributed by atoms with E-state index >= 15 is 0 Å². The number of nitrogens with zero attached hydrogens (tertiary/aromatic N) is 1. The van der Waals surface area contributed by atoms with E-state index in [0.717, 1.165) is 0 Å². The second kappa shape index (κ2) is 48.8. The van der Waals surface area contributed by atoms with Crippen LogP contribution >= 0.6 is 95.9 Å². The number of hydrogen-bond acceptors (Lipinski definition) is 1. The molecule has 44 valence electrons. The first-order valence-electron chi connectivity index (χ1n) is 0.258. The molecule has 7 heavy (non-hydrogen) atoms. The smallest absolute Gasteiger partial charge is 1.00 e. The zero-order chi connectivity index (χ0) is 2.00. The van der Waals surface area contributed by atoms with Crippen LogP contribution in [0.2, 0.25) is 0 Å². The van der Waals surface area contributed by atoms with Crippen molar-refractivity contribution in [1.82, 2.24) is 0 Å². The standard InChI is InChI=1S/CHN.4HI.Rb.H/c1-2;;;;;;/h1H;4*1H;;/q;;;;;+1;-1. The second-order valence-corrected chi connectivity index (χ2v) is 0. The molecule has 0 atom stereocenters. The number of rotatable bonds is 0. The molecule has 0 aromatic rings. The van der Waals surface area contributed by atoms with Crippen molar-refractivity contribution in [2.45, 2.75) is 0 Å². The SMILES string of the molecule is C#N.I.I.I.I.[H-].[Rb+]. The van der Waals surface area contributed by atoms with Crippen molar-refractivity contribution in [3.05, 3.63) is 0 Å². The van der Waals surface area contributed by atoms with Crippen molar-refractivity contribution in [3.8, 4) is 6.57 Å². The van der Waals surface area contributed by atoms with Gasteiger partial charge in [-0.15, -0.1) is 95.9 Å². The monoisotopic (exact) mass is 625 g/mol. The Bertz CT molecular complexity index is 20.8. The zero-order valence-corrected chi connectivity index (χ0v) is 17.9. The third-order valence-electron chi connectivity index (χ3n) is 0. The molecule has 0 fully saturated rings. The van der Waals surface area contributed by atoms with Gasteiger partial charge in [0.1, 0.15) is 0 Å². The van der Waals surface area contributed by atoms with Crippen molar-refractivity contribution < 1.29 is 59.6 Å². The van der Waals surface area contributed by atoms with Gasteiger partial charge in [0.05, 0.1) is 0 Å². The molecular weight excluding hydrogens is 619 g/mol. The van der Waals surface area contributed by atoms with Gasteiger partial charge in [-0.3, -0.25) is 0 Å². The van der Waals surface area contributed by atoms with Crippen LogP contribution in [0.1, 0.15) is 1.43 Å². The summed E-state index contributed by atoms with van der Waals surface area (Å²) in [5.41, 5.74) is 0. The van der Waals surface area contributed by atoms with Gasteiger partial charge in [-0.1, -0.05) is 0 Å².